The lowest BCUT2D eigenvalue weighted by Crippen LogP contribution is -2.30. The van der Waals surface area contributed by atoms with Gasteiger partial charge in [-0.05, 0) is 135 Å². The van der Waals surface area contributed by atoms with Gasteiger partial charge in [0.25, 0.3) is 0 Å². The highest BCUT2D eigenvalue weighted by molar-refractivity contribution is 5.70. The molecule has 0 amide bonds. The summed E-state index contributed by atoms with van der Waals surface area (Å²) in [5.41, 5.74) is 0. The van der Waals surface area contributed by atoms with Crippen molar-refractivity contribution < 1.29 is 23.8 Å². The first-order chi connectivity index (χ1) is 36.6. The summed E-state index contributed by atoms with van der Waals surface area (Å²) in [7, 11) is 0. The van der Waals surface area contributed by atoms with Crippen molar-refractivity contribution in [3.8, 4) is 0 Å². The lowest BCUT2D eigenvalue weighted by molar-refractivity contribution is -0.162. The summed E-state index contributed by atoms with van der Waals surface area (Å²) < 4.78 is 17.3. The molecule has 0 fully saturated rings. The van der Waals surface area contributed by atoms with Crippen LogP contribution in [0.2, 0.25) is 0 Å². The van der Waals surface area contributed by atoms with E-state index in [-0.39, 0.29) is 31.6 Å². The van der Waals surface area contributed by atoms with Crippen LogP contribution in [-0.4, -0.2) is 37.9 Å². The van der Waals surface area contributed by atoms with Crippen molar-refractivity contribution in [3.05, 3.63) is 170 Å². The Labute approximate surface area is 456 Å². The van der Waals surface area contributed by atoms with E-state index in [0.717, 1.165) is 116 Å². The fourth-order valence-electron chi connectivity index (χ4n) is 7.41. The van der Waals surface area contributed by atoms with Crippen molar-refractivity contribution in [3.63, 3.8) is 0 Å². The third-order valence-electron chi connectivity index (χ3n) is 11.7. The van der Waals surface area contributed by atoms with Gasteiger partial charge in [-0.15, -0.1) is 0 Å². The average molecular weight is 1020 g/mol. The molecule has 1 unspecified atom stereocenters. The van der Waals surface area contributed by atoms with Crippen LogP contribution < -0.4 is 0 Å². The number of hydrogen-bond donors (Lipinski definition) is 0. The summed E-state index contributed by atoms with van der Waals surface area (Å²) in [5, 5.41) is 0. The highest BCUT2D eigenvalue weighted by Crippen LogP contribution is 2.13. The maximum Gasteiger partial charge on any atom is 0.306 e. The quantitative estimate of drug-likeness (QED) is 0.0345. The minimum Gasteiger partial charge on any atom is -0.462 e. The number of esters is 2. The van der Waals surface area contributed by atoms with E-state index >= 15 is 0 Å². The Hall–Kier alpha value is -4.74. The molecular weight excluding hydrogens is 909 g/mol. The first-order valence-electron chi connectivity index (χ1n) is 29.7. The summed E-state index contributed by atoms with van der Waals surface area (Å²) in [6, 6.07) is 0. The number of rotatable bonds is 52. The molecule has 0 aromatic heterocycles. The van der Waals surface area contributed by atoms with Gasteiger partial charge < -0.3 is 14.2 Å². The summed E-state index contributed by atoms with van der Waals surface area (Å²) in [6.45, 7) is 7.33. The molecule has 1 atom stereocenters. The largest absolute Gasteiger partial charge is 0.462 e. The van der Waals surface area contributed by atoms with Crippen molar-refractivity contribution in [1.29, 1.82) is 0 Å². The number of carbonyl (C=O) groups excluding carboxylic acids is 2. The van der Waals surface area contributed by atoms with Gasteiger partial charge in [0.15, 0.2) is 6.10 Å². The third-order valence-corrected chi connectivity index (χ3v) is 11.7. The first-order valence-corrected chi connectivity index (χ1v) is 29.7. The Kier molecular flexibility index (Phi) is 58.5. The van der Waals surface area contributed by atoms with Gasteiger partial charge in [-0.3, -0.25) is 9.59 Å². The number of allylic oxidation sites excluding steroid dienone is 28. The molecule has 0 radical (unpaired) electrons. The van der Waals surface area contributed by atoms with E-state index in [1.54, 1.807) is 0 Å². The zero-order valence-corrected chi connectivity index (χ0v) is 47.5. The van der Waals surface area contributed by atoms with Crippen molar-refractivity contribution in [2.75, 3.05) is 19.8 Å². The van der Waals surface area contributed by atoms with Gasteiger partial charge >= 0.3 is 11.9 Å². The molecule has 0 N–H and O–H groups in total. The smallest absolute Gasteiger partial charge is 0.306 e. The lowest BCUT2D eigenvalue weighted by atomic mass is 10.1. The van der Waals surface area contributed by atoms with Gasteiger partial charge in [0, 0.05) is 19.4 Å². The molecule has 5 nitrogen and oxygen atoms in total. The molecule has 0 aliphatic heterocycles. The van der Waals surface area contributed by atoms with E-state index in [1.807, 2.05) is 6.08 Å². The molecule has 0 aromatic rings. The summed E-state index contributed by atoms with van der Waals surface area (Å²) in [6.07, 6.45) is 94.0. The Balaban J connectivity index is 4.54. The van der Waals surface area contributed by atoms with Crippen molar-refractivity contribution in [2.24, 2.45) is 0 Å². The van der Waals surface area contributed by atoms with Crippen LogP contribution in [-0.2, 0) is 23.8 Å². The molecule has 414 valence electrons. The predicted molar refractivity (Wildman–Crippen MR) is 324 cm³/mol. The van der Waals surface area contributed by atoms with Crippen LogP contribution in [0.4, 0.5) is 0 Å². The molecule has 0 rings (SSSR count). The molecular formula is C69H108O5. The predicted octanol–water partition coefficient (Wildman–Crippen LogP) is 20.8. The molecule has 0 spiro atoms. The van der Waals surface area contributed by atoms with E-state index < -0.39 is 6.10 Å². The van der Waals surface area contributed by atoms with Crippen LogP contribution in [0.15, 0.2) is 170 Å². The van der Waals surface area contributed by atoms with Crippen LogP contribution in [0.5, 0.6) is 0 Å². The monoisotopic (exact) mass is 1020 g/mol. The fourth-order valence-corrected chi connectivity index (χ4v) is 7.41. The van der Waals surface area contributed by atoms with Gasteiger partial charge in [0.1, 0.15) is 6.61 Å². The number of carbonyl (C=O) groups is 2. The number of unbranched alkanes of at least 4 members (excludes halogenated alkanes) is 13. The summed E-state index contributed by atoms with van der Waals surface area (Å²) >= 11 is 0. The third kappa shape index (κ3) is 59.8. The molecule has 0 heterocycles. The molecule has 0 aliphatic carbocycles. The van der Waals surface area contributed by atoms with Crippen molar-refractivity contribution in [1.82, 2.24) is 0 Å². The van der Waals surface area contributed by atoms with Gasteiger partial charge in [0.2, 0.25) is 0 Å². The Morgan fingerprint density at radius 3 is 1.03 bits per heavy atom. The normalized spacial score (nSPS) is 13.5. The lowest BCUT2D eigenvalue weighted by Gasteiger charge is -2.18. The minimum atomic E-state index is -0.615. The fraction of sp³-hybridized carbons (Fsp3) is 0.565. The summed E-state index contributed by atoms with van der Waals surface area (Å²) in [4.78, 5) is 25.5. The van der Waals surface area contributed by atoms with E-state index in [9.17, 15) is 9.59 Å². The number of hydrogen-bond acceptors (Lipinski definition) is 5. The van der Waals surface area contributed by atoms with Crippen LogP contribution in [0.3, 0.4) is 0 Å². The Bertz CT molecular complexity index is 1670. The molecule has 0 aliphatic rings. The van der Waals surface area contributed by atoms with Crippen LogP contribution >= 0.6 is 0 Å². The zero-order valence-electron chi connectivity index (χ0n) is 47.5. The van der Waals surface area contributed by atoms with Crippen molar-refractivity contribution >= 4 is 11.9 Å². The van der Waals surface area contributed by atoms with Crippen LogP contribution in [0.1, 0.15) is 226 Å². The van der Waals surface area contributed by atoms with Crippen LogP contribution in [0, 0.1) is 0 Å². The van der Waals surface area contributed by atoms with Gasteiger partial charge in [0.05, 0.1) is 6.61 Å². The second-order valence-corrected chi connectivity index (χ2v) is 18.8. The maximum absolute atomic E-state index is 12.9. The standard InChI is InChI=1S/C69H108O5/c1-4-7-10-13-16-19-22-25-28-31-34-37-40-43-46-49-52-55-58-61-64-72-65-67(74-69(71)63-60-57-54-51-48-45-42-39-36-33-30-27-24-21-18-15-12-9-6-3)66-73-68(70)62-59-56-53-50-47-44-41-38-35-32-29-26-23-20-17-14-11-8-5-2/h7-8,10-11,16-21,25-30,34-35,37-38,43-44,46-47,52-53,55-56,67H,4-6,9,12-15,22-24,31-33,36,39-42,45,48-51,54,57-66H2,1-3H3/b10-7-,11-8-,19-16-,20-17-,21-18-,28-25-,29-26-,30-27-,37-34-,38-35-,46-43-,47-44-,55-52-,56-53-. The van der Waals surface area contributed by atoms with Gasteiger partial charge in [-0.25, -0.2) is 0 Å². The number of ether oxygens (including phenoxy) is 3. The van der Waals surface area contributed by atoms with Gasteiger partial charge in [-0.1, -0.05) is 249 Å². The maximum atomic E-state index is 12.9. The molecule has 0 saturated carbocycles. The highest BCUT2D eigenvalue weighted by Gasteiger charge is 2.17. The van der Waals surface area contributed by atoms with Crippen molar-refractivity contribution in [2.45, 2.75) is 232 Å². The van der Waals surface area contributed by atoms with E-state index in [0.29, 0.717) is 19.4 Å². The molecule has 0 aromatic carbocycles. The SMILES string of the molecule is CC/C=C\C/C=C\C/C=C\C/C=C\C/C=C\C/C=C\CCCOCC(COC(=O)CC/C=C\C/C=C\C/C=C\C/C=C\C/C=C\C/C=C\CC)OC(=O)CCCCCCCCCCC/C=C\C/C=C\CCCCC. The van der Waals surface area contributed by atoms with Crippen LogP contribution in [0.25, 0.3) is 0 Å². The van der Waals surface area contributed by atoms with E-state index in [2.05, 4.69) is 185 Å². The first kappa shape index (κ1) is 69.3. The average Bonchev–Trinajstić information content (AvgIpc) is 3.40. The summed E-state index contributed by atoms with van der Waals surface area (Å²) in [5.74, 6) is -0.542. The molecule has 5 heteroatoms. The molecule has 0 bridgehead atoms. The van der Waals surface area contributed by atoms with Gasteiger partial charge in [-0.2, -0.15) is 0 Å². The zero-order chi connectivity index (χ0) is 53.4. The molecule has 74 heavy (non-hydrogen) atoms. The Morgan fingerprint density at radius 2 is 0.635 bits per heavy atom. The topological polar surface area (TPSA) is 61.8 Å². The Morgan fingerprint density at radius 1 is 0.311 bits per heavy atom. The van der Waals surface area contributed by atoms with E-state index in [4.69, 9.17) is 14.2 Å². The minimum absolute atomic E-state index is 0.00823. The molecule has 0 saturated heterocycles. The highest BCUT2D eigenvalue weighted by atomic mass is 16.6. The van der Waals surface area contributed by atoms with E-state index in [1.165, 1.54) is 70.6 Å². The second-order valence-electron chi connectivity index (χ2n) is 18.8. The second kappa shape index (κ2) is 62.6.